The zero-order valence-corrected chi connectivity index (χ0v) is 13.1. The lowest BCUT2D eigenvalue weighted by atomic mass is 10.1. The molecule has 0 saturated heterocycles. The first-order valence-corrected chi connectivity index (χ1v) is 8.08. The number of hydrogen-bond donors (Lipinski definition) is 0. The first-order chi connectivity index (χ1) is 9.74. The molecule has 0 fully saturated rings. The van der Waals surface area contributed by atoms with Gasteiger partial charge in [-0.1, -0.05) is 60.7 Å². The van der Waals surface area contributed by atoms with Crippen LogP contribution < -0.4 is 0 Å². The van der Waals surface area contributed by atoms with E-state index in [1.165, 1.54) is 27.7 Å². The Bertz CT molecular complexity index is 772. The summed E-state index contributed by atoms with van der Waals surface area (Å²) in [6.45, 7) is 0. The molecule has 0 saturated carbocycles. The third kappa shape index (κ3) is 2.07. The van der Waals surface area contributed by atoms with E-state index in [1.54, 1.807) is 11.8 Å². The molecule has 0 bridgehead atoms. The molecule has 0 spiro atoms. The smallest absolute Gasteiger partial charge is 0.0803 e. The molecule has 0 atom stereocenters. The molecule has 3 rings (SSSR count). The third-order valence-corrected chi connectivity index (χ3v) is 4.82. The van der Waals surface area contributed by atoms with Crippen molar-refractivity contribution in [1.82, 2.24) is 4.57 Å². The van der Waals surface area contributed by atoms with E-state index in [-0.39, 0.29) is 0 Å². The lowest BCUT2D eigenvalue weighted by Crippen LogP contribution is -1.97. The van der Waals surface area contributed by atoms with Crippen LogP contribution in [0, 0.1) is 0 Å². The van der Waals surface area contributed by atoms with Crippen molar-refractivity contribution < 1.29 is 0 Å². The van der Waals surface area contributed by atoms with Gasteiger partial charge in [0.2, 0.25) is 0 Å². The van der Waals surface area contributed by atoms with Crippen molar-refractivity contribution in [3.05, 3.63) is 60.2 Å². The highest BCUT2D eigenvalue weighted by molar-refractivity contribution is 8.23. The molecule has 0 aliphatic carbocycles. The van der Waals surface area contributed by atoms with Crippen LogP contribution in [0.15, 0.2) is 54.6 Å². The Morgan fingerprint density at radius 3 is 2.35 bits per heavy atom. The van der Waals surface area contributed by atoms with Crippen LogP contribution in [0.2, 0.25) is 0 Å². The van der Waals surface area contributed by atoms with Crippen molar-refractivity contribution in [1.29, 1.82) is 0 Å². The molecule has 20 heavy (non-hydrogen) atoms. The minimum Gasteiger partial charge on any atom is -0.343 e. The van der Waals surface area contributed by atoms with E-state index in [9.17, 15) is 0 Å². The minimum absolute atomic E-state index is 0.945. The van der Waals surface area contributed by atoms with E-state index in [0.717, 1.165) is 4.20 Å². The SMILES string of the molecule is CSC(=S)c1c(-c2ccccc2)n(C)c2ccccc12. The van der Waals surface area contributed by atoms with Gasteiger partial charge in [0, 0.05) is 23.5 Å². The highest BCUT2D eigenvalue weighted by atomic mass is 32.2. The van der Waals surface area contributed by atoms with E-state index in [0.29, 0.717) is 0 Å². The van der Waals surface area contributed by atoms with Gasteiger partial charge in [0.15, 0.2) is 0 Å². The first-order valence-electron chi connectivity index (χ1n) is 6.45. The number of para-hydroxylation sites is 1. The molecular formula is C17H15NS2. The van der Waals surface area contributed by atoms with Crippen molar-refractivity contribution in [2.24, 2.45) is 7.05 Å². The molecule has 0 aliphatic heterocycles. The number of nitrogens with zero attached hydrogens (tertiary/aromatic N) is 1. The molecule has 3 heteroatoms. The fourth-order valence-corrected chi connectivity index (χ4v) is 3.25. The first kappa shape index (κ1) is 13.4. The Morgan fingerprint density at radius 1 is 1.00 bits per heavy atom. The standard InChI is InChI=1S/C17H15NS2/c1-18-14-11-7-6-10-13(14)15(17(19)20-2)16(18)12-8-4-3-5-9-12/h3-11H,1-2H3. The van der Waals surface area contributed by atoms with Crippen LogP contribution in [0.4, 0.5) is 0 Å². The summed E-state index contributed by atoms with van der Waals surface area (Å²) < 4.78 is 3.18. The summed E-state index contributed by atoms with van der Waals surface area (Å²) in [4.78, 5) is 0. The van der Waals surface area contributed by atoms with Crippen molar-refractivity contribution in [2.45, 2.75) is 0 Å². The van der Waals surface area contributed by atoms with Crippen molar-refractivity contribution in [3.63, 3.8) is 0 Å². The Kier molecular flexibility index (Phi) is 3.64. The van der Waals surface area contributed by atoms with Crippen molar-refractivity contribution >= 4 is 39.1 Å². The number of fused-ring (bicyclic) bond motifs is 1. The van der Waals surface area contributed by atoms with Gasteiger partial charge in [-0.2, -0.15) is 0 Å². The second kappa shape index (κ2) is 5.43. The summed E-state index contributed by atoms with van der Waals surface area (Å²) in [5, 5.41) is 1.23. The Hall–Kier alpha value is -1.58. The summed E-state index contributed by atoms with van der Waals surface area (Å²) >= 11 is 7.23. The lowest BCUT2D eigenvalue weighted by Gasteiger charge is -2.08. The van der Waals surface area contributed by atoms with Crippen LogP contribution in [-0.2, 0) is 7.05 Å². The molecule has 0 radical (unpaired) electrons. The van der Waals surface area contributed by atoms with E-state index in [1.807, 2.05) is 12.3 Å². The van der Waals surface area contributed by atoms with E-state index in [2.05, 4.69) is 60.1 Å². The van der Waals surface area contributed by atoms with Gasteiger partial charge in [-0.15, -0.1) is 11.8 Å². The van der Waals surface area contributed by atoms with Gasteiger partial charge < -0.3 is 4.57 Å². The second-order valence-electron chi connectivity index (χ2n) is 4.66. The summed E-state index contributed by atoms with van der Waals surface area (Å²) in [6.07, 6.45) is 2.04. The number of hydrogen-bond acceptors (Lipinski definition) is 2. The molecule has 3 aromatic rings. The van der Waals surface area contributed by atoms with Gasteiger partial charge in [-0.25, -0.2) is 0 Å². The van der Waals surface area contributed by atoms with Crippen LogP contribution in [0.25, 0.3) is 22.2 Å². The highest BCUT2D eigenvalue weighted by Crippen LogP contribution is 2.35. The van der Waals surface area contributed by atoms with Gasteiger partial charge in [0.1, 0.15) is 0 Å². The van der Waals surface area contributed by atoms with Crippen molar-refractivity contribution in [3.8, 4) is 11.3 Å². The van der Waals surface area contributed by atoms with Crippen LogP contribution in [0.5, 0.6) is 0 Å². The zero-order chi connectivity index (χ0) is 14.1. The molecule has 0 N–H and O–H groups in total. The molecule has 1 nitrogen and oxygen atoms in total. The number of benzene rings is 2. The fourth-order valence-electron chi connectivity index (χ4n) is 2.64. The Morgan fingerprint density at radius 2 is 1.65 bits per heavy atom. The second-order valence-corrected chi connectivity index (χ2v) is 6.14. The molecule has 0 unspecified atom stereocenters. The normalized spacial score (nSPS) is 10.9. The van der Waals surface area contributed by atoms with Gasteiger partial charge in [0.05, 0.1) is 9.89 Å². The average molecular weight is 297 g/mol. The van der Waals surface area contributed by atoms with Gasteiger partial charge >= 0.3 is 0 Å². The maximum atomic E-state index is 5.60. The molecule has 100 valence electrons. The van der Waals surface area contributed by atoms with Gasteiger partial charge in [-0.05, 0) is 17.9 Å². The number of thioether (sulfide) groups is 1. The Balaban J connectivity index is 2.41. The van der Waals surface area contributed by atoms with Crippen LogP contribution >= 0.6 is 24.0 Å². The molecule has 0 aliphatic rings. The topological polar surface area (TPSA) is 4.93 Å². The molecular weight excluding hydrogens is 282 g/mol. The average Bonchev–Trinajstić information content (AvgIpc) is 2.81. The third-order valence-electron chi connectivity index (χ3n) is 3.54. The van der Waals surface area contributed by atoms with E-state index in [4.69, 9.17) is 12.2 Å². The van der Waals surface area contributed by atoms with Crippen LogP contribution in [-0.4, -0.2) is 15.0 Å². The summed E-state index contributed by atoms with van der Waals surface area (Å²) in [6, 6.07) is 18.9. The fraction of sp³-hybridized carbons (Fsp3) is 0.118. The van der Waals surface area contributed by atoms with Crippen LogP contribution in [0.1, 0.15) is 5.56 Å². The zero-order valence-electron chi connectivity index (χ0n) is 11.5. The predicted octanol–water partition coefficient (Wildman–Crippen LogP) is 4.88. The summed E-state index contributed by atoms with van der Waals surface area (Å²) in [5.41, 5.74) is 4.80. The monoisotopic (exact) mass is 297 g/mol. The largest absolute Gasteiger partial charge is 0.343 e. The van der Waals surface area contributed by atoms with Crippen LogP contribution in [0.3, 0.4) is 0 Å². The van der Waals surface area contributed by atoms with Crippen molar-refractivity contribution in [2.75, 3.05) is 6.26 Å². The highest BCUT2D eigenvalue weighted by Gasteiger charge is 2.18. The Labute approximate surface area is 128 Å². The number of rotatable bonds is 2. The number of aryl methyl sites for hydroxylation is 1. The number of thiocarbonyl (C=S) groups is 1. The molecule has 2 aromatic carbocycles. The van der Waals surface area contributed by atoms with E-state index < -0.39 is 0 Å². The lowest BCUT2D eigenvalue weighted by molar-refractivity contribution is 0.977. The maximum absolute atomic E-state index is 5.60. The van der Waals surface area contributed by atoms with Gasteiger partial charge in [-0.3, -0.25) is 0 Å². The summed E-state index contributed by atoms with van der Waals surface area (Å²) in [5.74, 6) is 0. The molecule has 1 heterocycles. The molecule has 0 amide bonds. The minimum atomic E-state index is 0.945. The van der Waals surface area contributed by atoms with Gasteiger partial charge in [0.25, 0.3) is 0 Å². The summed E-state index contributed by atoms with van der Waals surface area (Å²) in [7, 11) is 2.11. The van der Waals surface area contributed by atoms with E-state index >= 15 is 0 Å². The number of aromatic nitrogens is 1. The molecule has 1 aromatic heterocycles. The predicted molar refractivity (Wildman–Crippen MR) is 93.6 cm³/mol. The maximum Gasteiger partial charge on any atom is 0.0803 e. The quantitative estimate of drug-likeness (QED) is 0.621.